The van der Waals surface area contributed by atoms with Crippen molar-refractivity contribution >= 4 is 17.8 Å². The van der Waals surface area contributed by atoms with E-state index in [4.69, 9.17) is 9.47 Å². The molecule has 0 saturated carbocycles. The van der Waals surface area contributed by atoms with Crippen molar-refractivity contribution in [2.45, 2.75) is 52.2 Å². The Kier molecular flexibility index (Phi) is 8.54. The fourth-order valence-electron chi connectivity index (χ4n) is 2.25. The Morgan fingerprint density at radius 3 is 2.79 bits per heavy atom. The summed E-state index contributed by atoms with van der Waals surface area (Å²) >= 11 is 0. The molecule has 1 rings (SSSR count). The van der Waals surface area contributed by atoms with Gasteiger partial charge in [0.15, 0.2) is 5.78 Å². The molecule has 0 radical (unpaired) electrons. The molecule has 0 fully saturated rings. The third-order valence-corrected chi connectivity index (χ3v) is 3.34. The molecule has 6 nitrogen and oxygen atoms in total. The average molecular weight is 335 g/mol. The standard InChI is InChI=1S/C18H25NO5/c1-4-23-18(22)19-16-7-5-6-15(12-16)10-11-17(21)24-14(3)9-8-13(2)20/h6,8-11,14,16H,4-5,7,12H2,1-3H3,(H,19,22)/b9-8-,11-10+/t14?,16-/m1/s1. The minimum atomic E-state index is -0.475. The molecule has 0 aromatic carbocycles. The van der Waals surface area contributed by atoms with E-state index in [0.29, 0.717) is 13.0 Å². The summed E-state index contributed by atoms with van der Waals surface area (Å²) < 4.78 is 10.0. The highest BCUT2D eigenvalue weighted by atomic mass is 16.5. The second-order valence-electron chi connectivity index (χ2n) is 5.57. The van der Waals surface area contributed by atoms with Crippen molar-refractivity contribution in [3.8, 4) is 0 Å². The Hall–Kier alpha value is -2.37. The molecule has 1 N–H and O–H groups in total. The maximum Gasteiger partial charge on any atom is 0.407 e. The summed E-state index contributed by atoms with van der Waals surface area (Å²) in [4.78, 5) is 34.0. The molecule has 0 heterocycles. The molecule has 24 heavy (non-hydrogen) atoms. The van der Waals surface area contributed by atoms with Crippen LogP contribution in [0.15, 0.2) is 36.0 Å². The maximum atomic E-state index is 11.7. The zero-order valence-electron chi connectivity index (χ0n) is 14.4. The van der Waals surface area contributed by atoms with Gasteiger partial charge in [0.2, 0.25) is 0 Å². The van der Waals surface area contributed by atoms with E-state index in [-0.39, 0.29) is 11.8 Å². The van der Waals surface area contributed by atoms with Gasteiger partial charge in [-0.2, -0.15) is 0 Å². The van der Waals surface area contributed by atoms with Crippen LogP contribution < -0.4 is 5.32 Å². The number of ketones is 1. The largest absolute Gasteiger partial charge is 0.455 e. The summed E-state index contributed by atoms with van der Waals surface area (Å²) in [5, 5.41) is 2.80. The van der Waals surface area contributed by atoms with E-state index in [0.717, 1.165) is 18.4 Å². The lowest BCUT2D eigenvalue weighted by atomic mass is 9.94. The number of nitrogens with one attached hydrogen (secondary N) is 1. The molecule has 0 aromatic heterocycles. The second kappa shape index (κ2) is 10.4. The zero-order valence-corrected chi connectivity index (χ0v) is 14.4. The number of amides is 1. The quantitative estimate of drug-likeness (QED) is 0.571. The van der Waals surface area contributed by atoms with Crippen molar-refractivity contribution in [1.29, 1.82) is 0 Å². The van der Waals surface area contributed by atoms with Gasteiger partial charge in [-0.05, 0) is 57.8 Å². The van der Waals surface area contributed by atoms with Gasteiger partial charge in [0.05, 0.1) is 6.61 Å². The molecule has 0 aromatic rings. The molecular formula is C18H25NO5. The molecule has 0 spiro atoms. The number of alkyl carbamates (subject to hydrolysis) is 1. The van der Waals surface area contributed by atoms with E-state index in [1.807, 2.05) is 6.08 Å². The van der Waals surface area contributed by atoms with Gasteiger partial charge in [-0.1, -0.05) is 12.2 Å². The molecule has 132 valence electrons. The first-order chi connectivity index (χ1) is 11.4. The first-order valence-electron chi connectivity index (χ1n) is 8.10. The molecule has 0 saturated heterocycles. The van der Waals surface area contributed by atoms with Gasteiger partial charge in [-0.3, -0.25) is 4.79 Å². The number of allylic oxidation sites excluding steroid dienone is 3. The molecule has 1 unspecified atom stereocenters. The summed E-state index contributed by atoms with van der Waals surface area (Å²) in [5.41, 5.74) is 0.965. The van der Waals surface area contributed by atoms with Crippen LogP contribution in [0.5, 0.6) is 0 Å². The Labute approximate surface area is 142 Å². The first kappa shape index (κ1) is 19.7. The lowest BCUT2D eigenvalue weighted by molar-refractivity contribution is -0.140. The first-order valence-corrected chi connectivity index (χ1v) is 8.10. The van der Waals surface area contributed by atoms with Gasteiger partial charge in [0, 0.05) is 12.1 Å². The maximum absolute atomic E-state index is 11.7. The minimum absolute atomic E-state index is 0.00199. The van der Waals surface area contributed by atoms with Crippen LogP contribution in [0.3, 0.4) is 0 Å². The number of rotatable bonds is 7. The summed E-state index contributed by atoms with van der Waals surface area (Å²) in [5.74, 6) is -0.571. The van der Waals surface area contributed by atoms with Crippen LogP contribution in [0.25, 0.3) is 0 Å². The number of carbonyl (C=O) groups excluding carboxylic acids is 3. The lowest BCUT2D eigenvalue weighted by Gasteiger charge is -2.22. The highest BCUT2D eigenvalue weighted by Crippen LogP contribution is 2.19. The minimum Gasteiger partial charge on any atom is -0.455 e. The number of esters is 1. The van der Waals surface area contributed by atoms with Gasteiger partial charge in [-0.25, -0.2) is 9.59 Å². The second-order valence-corrected chi connectivity index (χ2v) is 5.57. The molecule has 0 bridgehead atoms. The van der Waals surface area contributed by atoms with E-state index in [2.05, 4.69) is 5.32 Å². The molecule has 6 heteroatoms. The molecule has 1 aliphatic carbocycles. The molecular weight excluding hydrogens is 310 g/mol. The smallest absolute Gasteiger partial charge is 0.407 e. The monoisotopic (exact) mass is 335 g/mol. The van der Waals surface area contributed by atoms with E-state index in [9.17, 15) is 14.4 Å². The van der Waals surface area contributed by atoms with Crippen LogP contribution >= 0.6 is 0 Å². The lowest BCUT2D eigenvalue weighted by Crippen LogP contribution is -2.36. The number of ether oxygens (including phenoxy) is 2. The average Bonchev–Trinajstić information content (AvgIpc) is 2.51. The van der Waals surface area contributed by atoms with Crippen LogP contribution in [0.2, 0.25) is 0 Å². The van der Waals surface area contributed by atoms with Crippen LogP contribution in [0.4, 0.5) is 4.79 Å². The Morgan fingerprint density at radius 1 is 1.38 bits per heavy atom. The summed E-state index contributed by atoms with van der Waals surface area (Å²) in [6, 6.07) is 0.00199. The van der Waals surface area contributed by atoms with E-state index < -0.39 is 18.2 Å². The third-order valence-electron chi connectivity index (χ3n) is 3.34. The Morgan fingerprint density at radius 2 is 2.12 bits per heavy atom. The molecule has 1 amide bonds. The summed E-state index contributed by atoms with van der Waals surface area (Å²) in [7, 11) is 0. The van der Waals surface area contributed by atoms with Gasteiger partial charge >= 0.3 is 12.1 Å². The summed E-state index contributed by atoms with van der Waals surface area (Å²) in [6.45, 7) is 5.21. The fraction of sp³-hybridized carbons (Fsp3) is 0.500. The number of hydrogen-bond donors (Lipinski definition) is 1. The van der Waals surface area contributed by atoms with Gasteiger partial charge in [0.25, 0.3) is 0 Å². The number of hydrogen-bond acceptors (Lipinski definition) is 5. The van der Waals surface area contributed by atoms with Crippen LogP contribution in [0.1, 0.15) is 40.0 Å². The van der Waals surface area contributed by atoms with Crippen LogP contribution in [0, 0.1) is 0 Å². The molecule has 0 aliphatic heterocycles. The highest BCUT2D eigenvalue weighted by molar-refractivity contribution is 5.87. The normalized spacial score (nSPS) is 19.0. The van der Waals surface area contributed by atoms with Crippen molar-refractivity contribution in [1.82, 2.24) is 5.32 Å². The highest BCUT2D eigenvalue weighted by Gasteiger charge is 2.17. The third kappa shape index (κ3) is 8.31. The van der Waals surface area contributed by atoms with Gasteiger partial charge < -0.3 is 14.8 Å². The Balaban J connectivity index is 2.45. The fourth-order valence-corrected chi connectivity index (χ4v) is 2.25. The zero-order chi connectivity index (χ0) is 17.9. The van der Waals surface area contributed by atoms with Crippen molar-refractivity contribution in [2.75, 3.05) is 6.61 Å². The molecule has 2 atom stereocenters. The van der Waals surface area contributed by atoms with E-state index in [1.165, 1.54) is 25.2 Å². The van der Waals surface area contributed by atoms with Crippen molar-refractivity contribution < 1.29 is 23.9 Å². The van der Waals surface area contributed by atoms with Crippen LogP contribution in [-0.4, -0.2) is 36.6 Å². The van der Waals surface area contributed by atoms with Crippen LogP contribution in [-0.2, 0) is 19.1 Å². The summed E-state index contributed by atoms with van der Waals surface area (Å²) in [6.07, 6.45) is 9.41. The molecule has 1 aliphatic rings. The SMILES string of the molecule is CCOC(=O)N[C@@H]1CCC=C(/C=C/C(=O)OC(C)/C=C\C(C)=O)C1. The predicted octanol–water partition coefficient (Wildman–Crippen LogP) is 2.84. The Bertz CT molecular complexity index is 548. The van der Waals surface area contributed by atoms with E-state index >= 15 is 0 Å². The topological polar surface area (TPSA) is 81.7 Å². The predicted molar refractivity (Wildman–Crippen MR) is 90.4 cm³/mol. The van der Waals surface area contributed by atoms with Crippen molar-refractivity contribution in [3.05, 3.63) is 36.0 Å². The van der Waals surface area contributed by atoms with Gasteiger partial charge in [0.1, 0.15) is 6.10 Å². The van der Waals surface area contributed by atoms with E-state index in [1.54, 1.807) is 19.9 Å². The van der Waals surface area contributed by atoms with Crippen molar-refractivity contribution in [3.63, 3.8) is 0 Å². The number of carbonyl (C=O) groups is 3. The van der Waals surface area contributed by atoms with Crippen molar-refractivity contribution in [2.24, 2.45) is 0 Å². The van der Waals surface area contributed by atoms with Gasteiger partial charge in [-0.15, -0.1) is 0 Å².